The van der Waals surface area contributed by atoms with Crippen LogP contribution in [-0.4, -0.2) is 11.6 Å². The highest BCUT2D eigenvalue weighted by molar-refractivity contribution is 5.49. The van der Waals surface area contributed by atoms with Crippen molar-refractivity contribution in [1.29, 1.82) is 5.26 Å². The molecule has 0 fully saturated rings. The van der Waals surface area contributed by atoms with E-state index in [1.807, 2.05) is 56.3 Å². The van der Waals surface area contributed by atoms with Crippen molar-refractivity contribution in [3.8, 4) is 11.8 Å². The summed E-state index contributed by atoms with van der Waals surface area (Å²) in [6.07, 6.45) is 3.93. The summed E-state index contributed by atoms with van der Waals surface area (Å²) < 4.78 is 5.66. The van der Waals surface area contributed by atoms with Crippen LogP contribution in [0.4, 0.5) is 0 Å². The number of hydrogen-bond donors (Lipinski definition) is 0. The summed E-state index contributed by atoms with van der Waals surface area (Å²) in [7, 11) is 0. The van der Waals surface area contributed by atoms with E-state index in [0.717, 1.165) is 11.3 Å². The van der Waals surface area contributed by atoms with Gasteiger partial charge in [0.1, 0.15) is 24.0 Å². The van der Waals surface area contributed by atoms with Crippen molar-refractivity contribution >= 4 is 6.08 Å². The zero-order chi connectivity index (χ0) is 14.4. The van der Waals surface area contributed by atoms with E-state index in [4.69, 9.17) is 10.00 Å². The van der Waals surface area contributed by atoms with E-state index < -0.39 is 0 Å². The molecule has 0 saturated heterocycles. The van der Waals surface area contributed by atoms with Crippen LogP contribution in [0.2, 0.25) is 0 Å². The first-order valence-electron chi connectivity index (χ1n) is 6.43. The molecular formula is C17H16N2O. The van der Waals surface area contributed by atoms with E-state index in [2.05, 4.69) is 11.1 Å². The number of pyridine rings is 1. The van der Waals surface area contributed by atoms with Gasteiger partial charge in [0.15, 0.2) is 0 Å². The van der Waals surface area contributed by atoms with E-state index in [1.165, 1.54) is 0 Å². The minimum atomic E-state index is 0.423. The summed E-state index contributed by atoms with van der Waals surface area (Å²) in [6, 6.07) is 13.9. The monoisotopic (exact) mass is 264 g/mol. The predicted octanol–water partition coefficient (Wildman–Crippen LogP) is 3.66. The van der Waals surface area contributed by atoms with E-state index in [9.17, 15) is 0 Å². The number of benzene rings is 1. The van der Waals surface area contributed by atoms with Crippen LogP contribution in [-0.2, 0) is 0 Å². The molecule has 2 rings (SSSR count). The van der Waals surface area contributed by atoms with Gasteiger partial charge >= 0.3 is 0 Å². The Labute approximate surface area is 119 Å². The van der Waals surface area contributed by atoms with Gasteiger partial charge in [-0.05, 0) is 25.5 Å². The Hall–Kier alpha value is -2.60. The summed E-state index contributed by atoms with van der Waals surface area (Å²) in [6.45, 7) is 4.13. The first kappa shape index (κ1) is 13.8. The Morgan fingerprint density at radius 3 is 2.70 bits per heavy atom. The number of hydrogen-bond acceptors (Lipinski definition) is 3. The molecule has 1 aromatic carbocycles. The Kier molecular flexibility index (Phi) is 4.52. The summed E-state index contributed by atoms with van der Waals surface area (Å²) >= 11 is 0. The fourth-order valence-electron chi connectivity index (χ4n) is 1.93. The maximum atomic E-state index is 9.14. The molecule has 3 nitrogen and oxygen atoms in total. The molecule has 1 aromatic heterocycles. The zero-order valence-electron chi connectivity index (χ0n) is 11.6. The largest absolute Gasteiger partial charge is 0.488 e. The van der Waals surface area contributed by atoms with E-state index in [1.54, 1.807) is 6.07 Å². The third-order valence-corrected chi connectivity index (χ3v) is 2.85. The normalized spacial score (nSPS) is 10.4. The molecule has 0 N–H and O–H groups in total. The average Bonchev–Trinajstić information content (AvgIpc) is 2.44. The molecule has 100 valence electrons. The van der Waals surface area contributed by atoms with Crippen molar-refractivity contribution in [1.82, 2.24) is 4.98 Å². The molecule has 0 atom stereocenters. The van der Waals surface area contributed by atoms with Gasteiger partial charge in [-0.15, -0.1) is 0 Å². The molecule has 3 heteroatoms. The van der Waals surface area contributed by atoms with Gasteiger partial charge in [0, 0.05) is 11.8 Å². The van der Waals surface area contributed by atoms with Gasteiger partial charge < -0.3 is 4.74 Å². The average molecular weight is 264 g/mol. The molecule has 20 heavy (non-hydrogen) atoms. The molecule has 1 heterocycles. The first-order valence-corrected chi connectivity index (χ1v) is 6.43. The van der Waals surface area contributed by atoms with Gasteiger partial charge in [0.25, 0.3) is 0 Å². The van der Waals surface area contributed by atoms with Crippen LogP contribution in [0.25, 0.3) is 6.08 Å². The lowest BCUT2D eigenvalue weighted by atomic mass is 10.2. The second-order valence-corrected chi connectivity index (χ2v) is 4.46. The first-order chi connectivity index (χ1) is 9.70. The van der Waals surface area contributed by atoms with Crippen molar-refractivity contribution in [3.63, 3.8) is 0 Å². The molecule has 0 aliphatic carbocycles. The fourth-order valence-corrected chi connectivity index (χ4v) is 1.93. The minimum Gasteiger partial charge on any atom is -0.488 e. The van der Waals surface area contributed by atoms with Crippen molar-refractivity contribution < 1.29 is 4.74 Å². The predicted molar refractivity (Wildman–Crippen MR) is 79.4 cm³/mol. The summed E-state index contributed by atoms with van der Waals surface area (Å²) in [5, 5.41) is 9.14. The lowest BCUT2D eigenvalue weighted by Crippen LogP contribution is -2.00. The van der Waals surface area contributed by atoms with Gasteiger partial charge in [-0.3, -0.25) is 4.98 Å². The number of aromatic nitrogens is 1. The van der Waals surface area contributed by atoms with Crippen molar-refractivity contribution in [2.75, 3.05) is 6.61 Å². The number of aryl methyl sites for hydroxylation is 2. The number of nitriles is 1. The lowest BCUT2D eigenvalue weighted by Gasteiger charge is -2.08. The van der Waals surface area contributed by atoms with Crippen LogP contribution < -0.4 is 4.74 Å². The Morgan fingerprint density at radius 1 is 1.25 bits per heavy atom. The van der Waals surface area contributed by atoms with Crippen LogP contribution in [0.3, 0.4) is 0 Å². The second kappa shape index (κ2) is 6.53. The van der Waals surface area contributed by atoms with Crippen molar-refractivity contribution in [2.24, 2.45) is 0 Å². The molecule has 0 unspecified atom stereocenters. The number of rotatable bonds is 4. The SMILES string of the molecule is Cc1cc(OC/C=C/c2ccccc2)c(C#N)c(C)n1. The number of ether oxygens (including phenoxy) is 1. The lowest BCUT2D eigenvalue weighted by molar-refractivity contribution is 0.361. The standard InChI is InChI=1S/C17H16N2O/c1-13-11-17(16(12-18)14(2)19-13)20-10-6-9-15-7-4-3-5-8-15/h3-9,11H,10H2,1-2H3/b9-6+. The van der Waals surface area contributed by atoms with Crippen LogP contribution in [0.1, 0.15) is 22.5 Å². The van der Waals surface area contributed by atoms with Crippen molar-refractivity contribution in [2.45, 2.75) is 13.8 Å². The van der Waals surface area contributed by atoms with Crippen LogP contribution in [0.5, 0.6) is 5.75 Å². The van der Waals surface area contributed by atoms with Gasteiger partial charge in [-0.25, -0.2) is 0 Å². The second-order valence-electron chi connectivity index (χ2n) is 4.46. The van der Waals surface area contributed by atoms with Gasteiger partial charge in [-0.1, -0.05) is 36.4 Å². The Morgan fingerprint density at radius 2 is 2.00 bits per heavy atom. The minimum absolute atomic E-state index is 0.423. The maximum Gasteiger partial charge on any atom is 0.141 e. The summed E-state index contributed by atoms with van der Waals surface area (Å²) in [5.74, 6) is 0.593. The molecule has 0 aliphatic rings. The zero-order valence-corrected chi connectivity index (χ0v) is 11.6. The van der Waals surface area contributed by atoms with Gasteiger partial charge in [-0.2, -0.15) is 5.26 Å². The third kappa shape index (κ3) is 3.46. The van der Waals surface area contributed by atoms with Crippen molar-refractivity contribution in [3.05, 3.63) is 65.0 Å². The topological polar surface area (TPSA) is 45.9 Å². The highest BCUT2D eigenvalue weighted by atomic mass is 16.5. The summed E-state index contributed by atoms with van der Waals surface area (Å²) in [4.78, 5) is 4.26. The molecule has 0 saturated carbocycles. The fraction of sp³-hybridized carbons (Fsp3) is 0.176. The van der Waals surface area contributed by atoms with Crippen LogP contribution in [0.15, 0.2) is 42.5 Å². The summed E-state index contributed by atoms with van der Waals surface area (Å²) in [5.41, 5.74) is 3.18. The smallest absolute Gasteiger partial charge is 0.141 e. The molecule has 0 amide bonds. The molecule has 0 aliphatic heterocycles. The van der Waals surface area contributed by atoms with Crippen LogP contribution >= 0.6 is 0 Å². The van der Waals surface area contributed by atoms with Gasteiger partial charge in [0.05, 0.1) is 5.69 Å². The highest BCUT2D eigenvalue weighted by Gasteiger charge is 2.08. The quantitative estimate of drug-likeness (QED) is 0.846. The Bertz CT molecular complexity index is 655. The maximum absolute atomic E-state index is 9.14. The Balaban J connectivity index is 2.05. The third-order valence-electron chi connectivity index (χ3n) is 2.85. The van der Waals surface area contributed by atoms with Gasteiger partial charge in [0.2, 0.25) is 0 Å². The van der Waals surface area contributed by atoms with Crippen LogP contribution in [0, 0.1) is 25.2 Å². The highest BCUT2D eigenvalue weighted by Crippen LogP contribution is 2.21. The molecule has 0 bridgehead atoms. The van der Waals surface area contributed by atoms with E-state index >= 15 is 0 Å². The molecule has 0 spiro atoms. The molecule has 0 radical (unpaired) electrons. The van der Waals surface area contributed by atoms with E-state index in [0.29, 0.717) is 23.6 Å². The van der Waals surface area contributed by atoms with E-state index in [-0.39, 0.29) is 0 Å². The molecular weight excluding hydrogens is 248 g/mol. The number of nitrogens with zero attached hydrogens (tertiary/aromatic N) is 2. The molecule has 2 aromatic rings.